The van der Waals surface area contributed by atoms with Gasteiger partial charge < -0.3 is 10.6 Å². The third kappa shape index (κ3) is 2.61. The van der Waals surface area contributed by atoms with Gasteiger partial charge in [0.15, 0.2) is 5.82 Å². The van der Waals surface area contributed by atoms with Gasteiger partial charge in [0.1, 0.15) is 0 Å². The average molecular weight is 222 g/mol. The zero-order chi connectivity index (χ0) is 11.4. The Hall–Kier alpha value is -1.36. The molecule has 0 aliphatic carbocycles. The highest BCUT2D eigenvalue weighted by Gasteiger charge is 2.20. The molecule has 1 amide bonds. The van der Waals surface area contributed by atoms with Gasteiger partial charge in [0.25, 0.3) is 0 Å². The first-order valence-electron chi connectivity index (χ1n) is 5.88. The van der Waals surface area contributed by atoms with Crippen molar-refractivity contribution in [3.05, 3.63) is 11.8 Å². The summed E-state index contributed by atoms with van der Waals surface area (Å²) in [4.78, 5) is 11.8. The Bertz CT molecular complexity index is 355. The van der Waals surface area contributed by atoms with Gasteiger partial charge in [-0.1, -0.05) is 13.3 Å². The maximum absolute atomic E-state index is 11.8. The third-order valence-electron chi connectivity index (χ3n) is 2.89. The van der Waals surface area contributed by atoms with E-state index in [0.717, 1.165) is 37.9 Å². The van der Waals surface area contributed by atoms with Gasteiger partial charge in [-0.2, -0.15) is 5.10 Å². The quantitative estimate of drug-likeness (QED) is 0.716. The normalized spacial score (nSPS) is 20.7. The summed E-state index contributed by atoms with van der Waals surface area (Å²) in [6.45, 7) is 2.97. The van der Waals surface area contributed by atoms with E-state index in [2.05, 4.69) is 20.8 Å². The Morgan fingerprint density at radius 1 is 1.62 bits per heavy atom. The molecule has 88 valence electrons. The van der Waals surface area contributed by atoms with Crippen molar-refractivity contribution < 1.29 is 4.79 Å². The zero-order valence-corrected chi connectivity index (χ0v) is 9.55. The molecule has 5 nitrogen and oxygen atoms in total. The van der Waals surface area contributed by atoms with E-state index in [4.69, 9.17) is 0 Å². The van der Waals surface area contributed by atoms with Gasteiger partial charge in [-0.05, 0) is 25.8 Å². The van der Waals surface area contributed by atoms with Gasteiger partial charge in [0.2, 0.25) is 5.91 Å². The van der Waals surface area contributed by atoms with Crippen molar-refractivity contribution in [1.82, 2.24) is 15.5 Å². The monoisotopic (exact) mass is 222 g/mol. The fourth-order valence-electron chi connectivity index (χ4n) is 1.90. The standard InChI is InChI=1S/C11H18N4O/c1-2-8-7-10(15-14-8)13-11(16)9-5-3-4-6-12-9/h7,9,12H,2-6H2,1H3,(H2,13,14,15,16). The lowest BCUT2D eigenvalue weighted by atomic mass is 10.0. The van der Waals surface area contributed by atoms with Gasteiger partial charge >= 0.3 is 0 Å². The topological polar surface area (TPSA) is 69.8 Å². The van der Waals surface area contributed by atoms with Crippen LogP contribution in [0.1, 0.15) is 31.9 Å². The molecule has 1 atom stereocenters. The molecule has 2 heterocycles. The van der Waals surface area contributed by atoms with Crippen molar-refractivity contribution in [3.63, 3.8) is 0 Å². The first kappa shape index (κ1) is 11.1. The molecule has 1 aromatic rings. The number of carbonyl (C=O) groups is 1. The van der Waals surface area contributed by atoms with E-state index in [1.807, 2.05) is 13.0 Å². The van der Waals surface area contributed by atoms with Gasteiger partial charge in [-0.25, -0.2) is 0 Å². The molecule has 5 heteroatoms. The van der Waals surface area contributed by atoms with Crippen molar-refractivity contribution in [1.29, 1.82) is 0 Å². The molecule has 2 rings (SSSR count). The van der Waals surface area contributed by atoms with Crippen LogP contribution < -0.4 is 10.6 Å². The van der Waals surface area contributed by atoms with E-state index in [1.165, 1.54) is 0 Å². The molecule has 0 saturated carbocycles. The van der Waals surface area contributed by atoms with Crippen molar-refractivity contribution in [3.8, 4) is 0 Å². The van der Waals surface area contributed by atoms with Crippen LogP contribution in [0.4, 0.5) is 5.82 Å². The summed E-state index contributed by atoms with van der Waals surface area (Å²) < 4.78 is 0. The number of aromatic nitrogens is 2. The second kappa shape index (κ2) is 5.12. The Morgan fingerprint density at radius 2 is 2.50 bits per heavy atom. The lowest BCUT2D eigenvalue weighted by Gasteiger charge is -2.21. The summed E-state index contributed by atoms with van der Waals surface area (Å²) in [6, 6.07) is 1.82. The zero-order valence-electron chi connectivity index (χ0n) is 9.55. The van der Waals surface area contributed by atoms with E-state index in [0.29, 0.717) is 5.82 Å². The Morgan fingerprint density at radius 3 is 3.12 bits per heavy atom. The second-order valence-electron chi connectivity index (χ2n) is 4.12. The number of rotatable bonds is 3. The van der Waals surface area contributed by atoms with E-state index in [1.54, 1.807) is 0 Å². The fourth-order valence-corrected chi connectivity index (χ4v) is 1.90. The number of nitrogens with zero attached hydrogens (tertiary/aromatic N) is 1. The molecule has 0 radical (unpaired) electrons. The van der Waals surface area contributed by atoms with E-state index in [-0.39, 0.29) is 11.9 Å². The maximum Gasteiger partial charge on any atom is 0.242 e. The smallest absolute Gasteiger partial charge is 0.242 e. The number of aromatic amines is 1. The Labute approximate surface area is 95.0 Å². The molecule has 0 aromatic carbocycles. The van der Waals surface area contributed by atoms with Gasteiger partial charge in [0, 0.05) is 11.8 Å². The number of anilines is 1. The minimum absolute atomic E-state index is 0.0221. The van der Waals surface area contributed by atoms with E-state index >= 15 is 0 Å². The molecule has 1 aliphatic heterocycles. The summed E-state index contributed by atoms with van der Waals surface area (Å²) >= 11 is 0. The summed E-state index contributed by atoms with van der Waals surface area (Å²) in [7, 11) is 0. The minimum atomic E-state index is -0.0597. The van der Waals surface area contributed by atoms with E-state index < -0.39 is 0 Å². The average Bonchev–Trinajstić information content (AvgIpc) is 2.78. The molecule has 3 N–H and O–H groups in total. The Kier molecular flexibility index (Phi) is 3.56. The predicted octanol–water partition coefficient (Wildman–Crippen LogP) is 1.05. The van der Waals surface area contributed by atoms with Crippen LogP contribution in [-0.4, -0.2) is 28.7 Å². The third-order valence-corrected chi connectivity index (χ3v) is 2.89. The Balaban J connectivity index is 1.90. The lowest BCUT2D eigenvalue weighted by Crippen LogP contribution is -2.43. The van der Waals surface area contributed by atoms with Crippen LogP contribution in [0.15, 0.2) is 6.07 Å². The summed E-state index contributed by atoms with van der Waals surface area (Å²) in [5, 5.41) is 12.9. The van der Waals surface area contributed by atoms with Crippen LogP contribution in [0.2, 0.25) is 0 Å². The number of nitrogens with one attached hydrogen (secondary N) is 3. The van der Waals surface area contributed by atoms with Gasteiger partial charge in [-0.3, -0.25) is 9.89 Å². The number of hydrogen-bond donors (Lipinski definition) is 3. The van der Waals surface area contributed by atoms with Crippen LogP contribution in [-0.2, 0) is 11.2 Å². The molecule has 16 heavy (non-hydrogen) atoms. The van der Waals surface area contributed by atoms with Crippen molar-refractivity contribution in [2.45, 2.75) is 38.6 Å². The molecule has 1 unspecified atom stereocenters. The number of carbonyl (C=O) groups excluding carboxylic acids is 1. The van der Waals surface area contributed by atoms with Crippen LogP contribution in [0.3, 0.4) is 0 Å². The molecule has 1 fully saturated rings. The lowest BCUT2D eigenvalue weighted by molar-refractivity contribution is -0.118. The summed E-state index contributed by atoms with van der Waals surface area (Å²) in [5.74, 6) is 0.642. The first-order chi connectivity index (χ1) is 7.79. The summed E-state index contributed by atoms with van der Waals surface area (Å²) in [6.07, 6.45) is 4.08. The second-order valence-corrected chi connectivity index (χ2v) is 4.12. The van der Waals surface area contributed by atoms with E-state index in [9.17, 15) is 4.79 Å². The maximum atomic E-state index is 11.8. The van der Waals surface area contributed by atoms with Crippen molar-refractivity contribution >= 4 is 11.7 Å². The molecular weight excluding hydrogens is 204 g/mol. The van der Waals surface area contributed by atoms with Crippen LogP contribution in [0.25, 0.3) is 0 Å². The molecule has 1 aromatic heterocycles. The highest BCUT2D eigenvalue weighted by Crippen LogP contribution is 2.10. The van der Waals surface area contributed by atoms with Crippen molar-refractivity contribution in [2.75, 3.05) is 11.9 Å². The van der Waals surface area contributed by atoms with Gasteiger partial charge in [0.05, 0.1) is 6.04 Å². The van der Waals surface area contributed by atoms with Crippen LogP contribution >= 0.6 is 0 Å². The van der Waals surface area contributed by atoms with Crippen molar-refractivity contribution in [2.24, 2.45) is 0 Å². The number of amides is 1. The highest BCUT2D eigenvalue weighted by atomic mass is 16.2. The minimum Gasteiger partial charge on any atom is -0.308 e. The SMILES string of the molecule is CCc1cc(NC(=O)C2CCCCN2)n[nH]1. The first-order valence-corrected chi connectivity index (χ1v) is 5.88. The number of hydrogen-bond acceptors (Lipinski definition) is 3. The molecular formula is C11H18N4O. The largest absolute Gasteiger partial charge is 0.308 e. The number of piperidine rings is 1. The number of aryl methyl sites for hydroxylation is 1. The predicted molar refractivity (Wildman–Crippen MR) is 62.2 cm³/mol. The highest BCUT2D eigenvalue weighted by molar-refractivity contribution is 5.94. The molecule has 1 aliphatic rings. The number of H-pyrrole nitrogens is 1. The molecule has 0 bridgehead atoms. The fraction of sp³-hybridized carbons (Fsp3) is 0.636. The molecule has 0 spiro atoms. The van der Waals surface area contributed by atoms with Crippen LogP contribution in [0.5, 0.6) is 0 Å². The molecule has 1 saturated heterocycles. The summed E-state index contributed by atoms with van der Waals surface area (Å²) in [5.41, 5.74) is 1.03. The van der Waals surface area contributed by atoms with Gasteiger partial charge in [-0.15, -0.1) is 0 Å². The van der Waals surface area contributed by atoms with Crippen LogP contribution in [0, 0.1) is 0 Å².